The zero-order chi connectivity index (χ0) is 39.7. The van der Waals surface area contributed by atoms with E-state index >= 15 is 4.39 Å². The highest BCUT2D eigenvalue weighted by molar-refractivity contribution is 6.32. The summed E-state index contributed by atoms with van der Waals surface area (Å²) in [5.74, 6) is -0.669. The molecule has 0 radical (unpaired) electrons. The summed E-state index contributed by atoms with van der Waals surface area (Å²) in [4.78, 5) is 48.6. The van der Waals surface area contributed by atoms with E-state index in [9.17, 15) is 19.6 Å². The van der Waals surface area contributed by atoms with Crippen LogP contribution in [0.25, 0.3) is 0 Å². The monoisotopic (exact) mass is 794 g/mol. The highest BCUT2D eigenvalue weighted by Gasteiger charge is 2.44. The number of anilines is 4. The first kappa shape index (κ1) is 39.0. The van der Waals surface area contributed by atoms with Crippen LogP contribution in [0.4, 0.5) is 27.1 Å². The third kappa shape index (κ3) is 8.56. The number of rotatable bonds is 8. The molecule has 1 spiro atoms. The number of benzene rings is 3. The fourth-order valence-electron chi connectivity index (χ4n) is 9.78. The van der Waals surface area contributed by atoms with E-state index in [0.29, 0.717) is 48.5 Å². The van der Waals surface area contributed by atoms with Gasteiger partial charge in [0.25, 0.3) is 5.91 Å². The first-order chi connectivity index (χ1) is 27.6. The molecule has 300 valence electrons. The number of imide groups is 1. The van der Waals surface area contributed by atoms with Crippen LogP contribution >= 0.6 is 11.6 Å². The zero-order valence-electron chi connectivity index (χ0n) is 32.7. The van der Waals surface area contributed by atoms with Gasteiger partial charge in [-0.25, -0.2) is 4.39 Å². The first-order valence-electron chi connectivity index (χ1n) is 20.5. The van der Waals surface area contributed by atoms with E-state index in [1.165, 1.54) is 0 Å². The molecule has 57 heavy (non-hydrogen) atoms. The van der Waals surface area contributed by atoms with E-state index in [-0.39, 0.29) is 28.7 Å². The Kier molecular flexibility index (Phi) is 11.3. The molecule has 0 aliphatic carbocycles. The summed E-state index contributed by atoms with van der Waals surface area (Å²) in [5.41, 5.74) is 4.69. The molecule has 8 rings (SSSR count). The average molecular weight is 795 g/mol. The molecule has 2 N–H and O–H groups in total. The number of amides is 3. The predicted molar refractivity (Wildman–Crippen MR) is 221 cm³/mol. The van der Waals surface area contributed by atoms with Gasteiger partial charge in [0.2, 0.25) is 11.8 Å². The zero-order valence-corrected chi connectivity index (χ0v) is 33.4. The molecule has 0 bridgehead atoms. The molecule has 2 unspecified atom stereocenters. The lowest BCUT2D eigenvalue weighted by molar-refractivity contribution is -0.133. The molecule has 3 aromatic carbocycles. The molecule has 5 aliphatic rings. The lowest BCUT2D eigenvalue weighted by Gasteiger charge is -2.40. The number of likely N-dealkylation sites (tertiary alicyclic amines) is 1. The van der Waals surface area contributed by atoms with Gasteiger partial charge in [-0.15, -0.1) is 0 Å². The molecule has 5 saturated heterocycles. The number of carbonyl (C=O) groups excluding carboxylic acids is 3. The summed E-state index contributed by atoms with van der Waals surface area (Å²) in [7, 11) is 0. The Morgan fingerprint density at radius 3 is 2.33 bits per heavy atom. The highest BCUT2D eigenvalue weighted by atomic mass is 35.5. The fourth-order valence-corrected chi connectivity index (χ4v) is 10.00. The Morgan fingerprint density at radius 2 is 1.63 bits per heavy atom. The van der Waals surface area contributed by atoms with Crippen LogP contribution in [-0.2, 0) is 9.59 Å². The van der Waals surface area contributed by atoms with Gasteiger partial charge in [-0.2, -0.15) is 5.26 Å². The smallest absolute Gasteiger partial charge is 0.256 e. The van der Waals surface area contributed by atoms with Gasteiger partial charge in [0.05, 0.1) is 16.1 Å². The second kappa shape index (κ2) is 16.5. The molecule has 3 amide bonds. The minimum atomic E-state index is -0.451. The van der Waals surface area contributed by atoms with Gasteiger partial charge in [-0.3, -0.25) is 24.6 Å². The maximum Gasteiger partial charge on any atom is 0.256 e. The second-order valence-corrected chi connectivity index (χ2v) is 17.2. The summed E-state index contributed by atoms with van der Waals surface area (Å²) in [5, 5.41) is 15.5. The Hall–Kier alpha value is -4.86. The van der Waals surface area contributed by atoms with Gasteiger partial charge in [-0.1, -0.05) is 17.7 Å². The van der Waals surface area contributed by atoms with Crippen LogP contribution in [0.5, 0.6) is 0 Å². The van der Waals surface area contributed by atoms with Crippen molar-refractivity contribution in [2.24, 2.45) is 11.3 Å². The number of piperidine rings is 3. The molecule has 2 atom stereocenters. The lowest BCUT2D eigenvalue weighted by Crippen LogP contribution is -2.49. The van der Waals surface area contributed by atoms with Crippen molar-refractivity contribution in [3.8, 4) is 6.07 Å². The van der Waals surface area contributed by atoms with Crippen LogP contribution in [0, 0.1) is 28.5 Å². The van der Waals surface area contributed by atoms with E-state index in [0.717, 1.165) is 107 Å². The Labute approximate surface area is 339 Å². The molecule has 0 saturated carbocycles. The van der Waals surface area contributed by atoms with Crippen molar-refractivity contribution in [3.05, 3.63) is 82.6 Å². The topological polar surface area (TPSA) is 115 Å². The molecular weight excluding hydrogens is 743 g/mol. The molecule has 5 fully saturated rings. The average Bonchev–Trinajstić information content (AvgIpc) is 3.54. The largest absolute Gasteiger partial charge is 0.374 e. The van der Waals surface area contributed by atoms with Crippen LogP contribution in [0.15, 0.2) is 60.7 Å². The Morgan fingerprint density at radius 1 is 0.912 bits per heavy atom. The number of piperazine rings is 1. The molecule has 13 heteroatoms. The SMILES string of the molecule is CC1CC2(CCN(c3ccc(C(=O)N4CCC(CN5CCN(c6cccc(NC7CCC(=O)NC7=O)c6)CC5)CC4)c(F)c3)CC2)CN1c1ccc(C#N)c(Cl)c1. The van der Waals surface area contributed by atoms with Gasteiger partial charge in [0.15, 0.2) is 0 Å². The summed E-state index contributed by atoms with van der Waals surface area (Å²) < 4.78 is 15.6. The van der Waals surface area contributed by atoms with Crippen molar-refractivity contribution in [1.82, 2.24) is 15.1 Å². The van der Waals surface area contributed by atoms with Crippen LogP contribution in [0.2, 0.25) is 5.02 Å². The summed E-state index contributed by atoms with van der Waals surface area (Å²) in [6.45, 7) is 10.8. The van der Waals surface area contributed by atoms with Crippen LogP contribution < -0.4 is 25.3 Å². The minimum Gasteiger partial charge on any atom is -0.374 e. The quantitative estimate of drug-likeness (QED) is 0.260. The molecular formula is C44H52ClFN8O3. The second-order valence-electron chi connectivity index (χ2n) is 16.8. The number of hydrogen-bond donors (Lipinski definition) is 2. The number of hydrogen-bond acceptors (Lipinski definition) is 9. The molecule has 11 nitrogen and oxygen atoms in total. The highest BCUT2D eigenvalue weighted by Crippen LogP contribution is 2.46. The molecule has 5 heterocycles. The van der Waals surface area contributed by atoms with Crippen molar-refractivity contribution in [1.29, 1.82) is 5.26 Å². The number of halogens is 2. The number of nitriles is 1. The predicted octanol–water partition coefficient (Wildman–Crippen LogP) is 6.13. The van der Waals surface area contributed by atoms with Crippen molar-refractivity contribution >= 4 is 52.1 Å². The van der Waals surface area contributed by atoms with Gasteiger partial charge in [0, 0.05) is 101 Å². The normalized spacial score (nSPS) is 23.1. The van der Waals surface area contributed by atoms with Gasteiger partial charge in [-0.05, 0) is 111 Å². The van der Waals surface area contributed by atoms with E-state index in [1.807, 2.05) is 35.2 Å². The van der Waals surface area contributed by atoms with E-state index in [4.69, 9.17) is 11.6 Å². The number of nitrogens with zero attached hydrogens (tertiary/aromatic N) is 6. The number of carbonyl (C=O) groups is 3. The maximum absolute atomic E-state index is 15.6. The van der Waals surface area contributed by atoms with Gasteiger partial charge >= 0.3 is 0 Å². The van der Waals surface area contributed by atoms with Gasteiger partial charge < -0.3 is 24.9 Å². The lowest BCUT2D eigenvalue weighted by atomic mass is 9.76. The fraction of sp³-hybridized carbons (Fsp3) is 0.500. The number of nitrogens with one attached hydrogen (secondary N) is 2. The third-order valence-electron chi connectivity index (χ3n) is 13.1. The van der Waals surface area contributed by atoms with E-state index in [2.05, 4.69) is 55.4 Å². The summed E-state index contributed by atoms with van der Waals surface area (Å²) in [6, 6.07) is 21.0. The van der Waals surface area contributed by atoms with Crippen molar-refractivity contribution in [2.45, 2.75) is 64.0 Å². The van der Waals surface area contributed by atoms with Crippen molar-refractivity contribution in [3.63, 3.8) is 0 Å². The van der Waals surface area contributed by atoms with Crippen LogP contribution in [0.3, 0.4) is 0 Å². The standard InChI is InChI=1S/C44H52ClFN8O3/c1-30-26-44(29-54(30)36-6-5-32(27-47)38(45)24-36)13-17-51(18-14-44)35-7-8-37(39(46)25-35)43(57)53-15-11-31(12-16-53)28-50-19-21-52(22-20-50)34-4-2-3-33(23-34)48-40-9-10-41(55)49-42(40)56/h2-8,23-25,30-31,40,48H,9-22,26,28-29H2,1H3,(H,49,55,56). The van der Waals surface area contributed by atoms with E-state index < -0.39 is 11.9 Å². The van der Waals surface area contributed by atoms with Gasteiger partial charge in [0.1, 0.15) is 17.9 Å². The molecule has 5 aliphatic heterocycles. The van der Waals surface area contributed by atoms with Crippen molar-refractivity contribution < 1.29 is 18.8 Å². The Balaban J connectivity index is 0.778. The van der Waals surface area contributed by atoms with E-state index in [1.54, 1.807) is 18.2 Å². The molecule has 0 aromatic heterocycles. The summed E-state index contributed by atoms with van der Waals surface area (Å²) >= 11 is 6.36. The van der Waals surface area contributed by atoms with Crippen LogP contribution in [-0.4, -0.2) is 105 Å². The van der Waals surface area contributed by atoms with Crippen LogP contribution in [0.1, 0.15) is 67.8 Å². The third-order valence-corrected chi connectivity index (χ3v) is 13.4. The first-order valence-corrected chi connectivity index (χ1v) is 20.9. The Bertz CT molecular complexity index is 2030. The summed E-state index contributed by atoms with van der Waals surface area (Å²) in [6.07, 6.45) is 5.74. The van der Waals surface area contributed by atoms with Crippen molar-refractivity contribution in [2.75, 3.05) is 85.5 Å². The maximum atomic E-state index is 15.6. The molecule has 3 aromatic rings. The minimum absolute atomic E-state index is 0.152.